The van der Waals surface area contributed by atoms with Gasteiger partial charge in [0.05, 0.1) is 6.04 Å². The van der Waals surface area contributed by atoms with Crippen LogP contribution in [0.1, 0.15) is 29.8 Å². The zero-order valence-electron chi connectivity index (χ0n) is 10.7. The van der Waals surface area contributed by atoms with Crippen LogP contribution in [0.25, 0.3) is 0 Å². The molecule has 1 atom stereocenters. The van der Waals surface area contributed by atoms with Gasteiger partial charge < -0.3 is 5.32 Å². The number of hydrogen-bond donors (Lipinski definition) is 1. The van der Waals surface area contributed by atoms with Gasteiger partial charge in [-0.25, -0.2) is 9.97 Å². The highest BCUT2D eigenvalue weighted by Crippen LogP contribution is 2.21. The van der Waals surface area contributed by atoms with Crippen molar-refractivity contribution in [3.8, 4) is 0 Å². The molecule has 0 aliphatic heterocycles. The van der Waals surface area contributed by atoms with Gasteiger partial charge >= 0.3 is 0 Å². The van der Waals surface area contributed by atoms with Crippen LogP contribution in [-0.4, -0.2) is 9.97 Å². The van der Waals surface area contributed by atoms with Crippen LogP contribution < -0.4 is 5.32 Å². The van der Waals surface area contributed by atoms with E-state index in [4.69, 9.17) is 11.6 Å². The predicted molar refractivity (Wildman–Crippen MR) is 75.0 cm³/mol. The SMILES string of the molecule is Cc1cc(NC(C)c2ccccc2C)nc(Cl)n1. The van der Waals surface area contributed by atoms with E-state index in [2.05, 4.69) is 41.3 Å². The summed E-state index contributed by atoms with van der Waals surface area (Å²) in [7, 11) is 0. The first-order valence-corrected chi connectivity index (χ1v) is 6.27. The van der Waals surface area contributed by atoms with E-state index in [1.807, 2.05) is 25.1 Å². The Morgan fingerprint density at radius 2 is 1.89 bits per heavy atom. The lowest BCUT2D eigenvalue weighted by Crippen LogP contribution is -2.10. The van der Waals surface area contributed by atoms with Crippen LogP contribution in [0.15, 0.2) is 30.3 Å². The first kappa shape index (κ1) is 12.8. The van der Waals surface area contributed by atoms with Gasteiger partial charge in [0.25, 0.3) is 0 Å². The smallest absolute Gasteiger partial charge is 0.224 e. The Hall–Kier alpha value is -1.61. The summed E-state index contributed by atoms with van der Waals surface area (Å²) >= 11 is 5.85. The van der Waals surface area contributed by atoms with Crippen molar-refractivity contribution < 1.29 is 0 Å². The molecule has 0 radical (unpaired) electrons. The van der Waals surface area contributed by atoms with Crippen LogP contribution in [0.3, 0.4) is 0 Å². The van der Waals surface area contributed by atoms with E-state index in [0.29, 0.717) is 0 Å². The summed E-state index contributed by atoms with van der Waals surface area (Å²) < 4.78 is 0. The summed E-state index contributed by atoms with van der Waals surface area (Å²) in [6.45, 7) is 6.11. The minimum Gasteiger partial charge on any atom is -0.363 e. The Morgan fingerprint density at radius 3 is 2.56 bits per heavy atom. The summed E-state index contributed by atoms with van der Waals surface area (Å²) in [5, 5.41) is 3.62. The molecule has 1 heterocycles. The van der Waals surface area contributed by atoms with Gasteiger partial charge in [0, 0.05) is 11.8 Å². The molecule has 0 bridgehead atoms. The van der Waals surface area contributed by atoms with E-state index in [1.165, 1.54) is 11.1 Å². The topological polar surface area (TPSA) is 37.8 Å². The normalized spacial score (nSPS) is 12.2. The summed E-state index contributed by atoms with van der Waals surface area (Å²) in [4.78, 5) is 8.22. The lowest BCUT2D eigenvalue weighted by atomic mass is 10.0. The van der Waals surface area contributed by atoms with E-state index in [0.717, 1.165) is 11.5 Å². The van der Waals surface area contributed by atoms with Gasteiger partial charge in [0.1, 0.15) is 5.82 Å². The summed E-state index contributed by atoms with van der Waals surface area (Å²) in [5.74, 6) is 0.753. The van der Waals surface area contributed by atoms with Crippen molar-refractivity contribution in [2.24, 2.45) is 0 Å². The highest BCUT2D eigenvalue weighted by Gasteiger charge is 2.09. The van der Waals surface area contributed by atoms with Gasteiger partial charge in [0.15, 0.2) is 0 Å². The molecule has 18 heavy (non-hydrogen) atoms. The van der Waals surface area contributed by atoms with Gasteiger partial charge in [-0.05, 0) is 43.5 Å². The lowest BCUT2D eigenvalue weighted by molar-refractivity contribution is 0.861. The molecule has 4 heteroatoms. The third-order valence-electron chi connectivity index (χ3n) is 2.85. The number of aryl methyl sites for hydroxylation is 2. The molecule has 2 aromatic rings. The van der Waals surface area contributed by atoms with Gasteiger partial charge in [-0.1, -0.05) is 24.3 Å². The van der Waals surface area contributed by atoms with Crippen LogP contribution in [0.2, 0.25) is 5.28 Å². The Morgan fingerprint density at radius 1 is 1.17 bits per heavy atom. The molecule has 2 rings (SSSR count). The van der Waals surface area contributed by atoms with E-state index in [1.54, 1.807) is 0 Å². The Bertz CT molecular complexity index is 534. The fourth-order valence-electron chi connectivity index (χ4n) is 1.98. The van der Waals surface area contributed by atoms with Crippen molar-refractivity contribution in [3.05, 3.63) is 52.4 Å². The van der Waals surface area contributed by atoms with Gasteiger partial charge in [-0.2, -0.15) is 0 Å². The summed E-state index contributed by atoms with van der Waals surface area (Å²) in [6, 6.07) is 10.4. The van der Waals surface area contributed by atoms with Crippen molar-refractivity contribution in [3.63, 3.8) is 0 Å². The van der Waals surface area contributed by atoms with Crippen LogP contribution in [0.4, 0.5) is 5.82 Å². The Labute approximate surface area is 112 Å². The molecule has 0 aliphatic rings. The summed E-state index contributed by atoms with van der Waals surface area (Å²) in [6.07, 6.45) is 0. The number of nitrogens with one attached hydrogen (secondary N) is 1. The van der Waals surface area contributed by atoms with Crippen molar-refractivity contribution in [1.82, 2.24) is 9.97 Å². The fraction of sp³-hybridized carbons (Fsp3) is 0.286. The molecular weight excluding hydrogens is 246 g/mol. The fourth-order valence-corrected chi connectivity index (χ4v) is 2.20. The molecule has 0 saturated carbocycles. The molecule has 0 saturated heterocycles. The number of halogens is 1. The highest BCUT2D eigenvalue weighted by atomic mass is 35.5. The maximum atomic E-state index is 5.85. The van der Waals surface area contributed by atoms with Crippen molar-refractivity contribution in [2.75, 3.05) is 5.32 Å². The van der Waals surface area contributed by atoms with Gasteiger partial charge in [0.2, 0.25) is 5.28 Å². The molecule has 1 unspecified atom stereocenters. The first-order chi connectivity index (χ1) is 8.56. The van der Waals surface area contributed by atoms with E-state index < -0.39 is 0 Å². The predicted octanol–water partition coefficient (Wildman–Crippen LogP) is 3.92. The van der Waals surface area contributed by atoms with E-state index in [9.17, 15) is 0 Å². The Balaban J connectivity index is 2.21. The van der Waals surface area contributed by atoms with Crippen molar-refractivity contribution in [1.29, 1.82) is 0 Å². The van der Waals surface area contributed by atoms with Gasteiger partial charge in [-0.15, -0.1) is 0 Å². The standard InChI is InChI=1S/C14H16ClN3/c1-9-6-4-5-7-12(9)11(3)17-13-8-10(2)16-14(15)18-13/h4-8,11H,1-3H3,(H,16,17,18). The second-order valence-corrected chi connectivity index (χ2v) is 4.72. The van der Waals surface area contributed by atoms with E-state index >= 15 is 0 Å². The maximum absolute atomic E-state index is 5.85. The molecule has 1 aromatic heterocycles. The van der Waals surface area contributed by atoms with Crippen LogP contribution >= 0.6 is 11.6 Å². The average molecular weight is 262 g/mol. The number of aromatic nitrogens is 2. The second kappa shape index (κ2) is 5.36. The quantitative estimate of drug-likeness (QED) is 0.851. The van der Waals surface area contributed by atoms with Crippen LogP contribution in [-0.2, 0) is 0 Å². The summed E-state index contributed by atoms with van der Waals surface area (Å²) in [5.41, 5.74) is 3.37. The number of anilines is 1. The lowest BCUT2D eigenvalue weighted by Gasteiger charge is -2.17. The molecule has 1 N–H and O–H groups in total. The minimum absolute atomic E-state index is 0.177. The first-order valence-electron chi connectivity index (χ1n) is 5.89. The monoisotopic (exact) mass is 261 g/mol. The number of hydrogen-bond acceptors (Lipinski definition) is 3. The number of nitrogens with zero attached hydrogens (tertiary/aromatic N) is 2. The minimum atomic E-state index is 0.177. The van der Waals surface area contributed by atoms with Crippen molar-refractivity contribution in [2.45, 2.75) is 26.8 Å². The number of benzene rings is 1. The largest absolute Gasteiger partial charge is 0.363 e. The molecule has 0 fully saturated rings. The van der Waals surface area contributed by atoms with Crippen LogP contribution in [0.5, 0.6) is 0 Å². The molecule has 1 aromatic carbocycles. The van der Waals surface area contributed by atoms with E-state index in [-0.39, 0.29) is 11.3 Å². The molecule has 0 spiro atoms. The van der Waals surface area contributed by atoms with Gasteiger partial charge in [-0.3, -0.25) is 0 Å². The Kier molecular flexibility index (Phi) is 3.82. The molecule has 94 valence electrons. The molecule has 0 amide bonds. The average Bonchev–Trinajstić information content (AvgIpc) is 2.27. The molecule has 3 nitrogen and oxygen atoms in total. The second-order valence-electron chi connectivity index (χ2n) is 4.39. The number of rotatable bonds is 3. The van der Waals surface area contributed by atoms with Crippen molar-refractivity contribution >= 4 is 17.4 Å². The molecular formula is C14H16ClN3. The highest BCUT2D eigenvalue weighted by molar-refractivity contribution is 6.28. The zero-order valence-corrected chi connectivity index (χ0v) is 11.5. The zero-order chi connectivity index (χ0) is 13.1. The maximum Gasteiger partial charge on any atom is 0.224 e. The third kappa shape index (κ3) is 2.99. The third-order valence-corrected chi connectivity index (χ3v) is 3.02. The van der Waals surface area contributed by atoms with Crippen LogP contribution in [0, 0.1) is 13.8 Å². The molecule has 0 aliphatic carbocycles.